The molecule has 26 heavy (non-hydrogen) atoms. The number of hydrogen-bond donors (Lipinski definition) is 3. The van der Waals surface area contributed by atoms with Crippen LogP contribution in [0.3, 0.4) is 0 Å². The molecule has 0 radical (unpaired) electrons. The van der Waals surface area contributed by atoms with Crippen molar-refractivity contribution in [2.45, 2.75) is 31.6 Å². The van der Waals surface area contributed by atoms with Crippen molar-refractivity contribution in [2.75, 3.05) is 0 Å². The van der Waals surface area contributed by atoms with E-state index >= 15 is 0 Å². The average Bonchev–Trinajstić information content (AvgIpc) is 2.64. The third kappa shape index (κ3) is 5.36. The molecule has 2 rings (SSSR count). The first-order valence-electron chi connectivity index (χ1n) is 8.70. The van der Waals surface area contributed by atoms with Gasteiger partial charge in [-0.3, -0.25) is 4.79 Å². The van der Waals surface area contributed by atoms with E-state index in [1.807, 2.05) is 50.2 Å². The Kier molecular flexibility index (Phi) is 7.27. The number of carbonyl (C=O) groups excluding carboxylic acids is 1. The number of nitrogens with one attached hydrogen (secondary N) is 1. The Labute approximate surface area is 160 Å². The first kappa shape index (κ1) is 20.0. The number of thiol groups is 1. The third-order valence-corrected chi connectivity index (χ3v) is 5.35. The molecular formula is C21H25NO3S. The van der Waals surface area contributed by atoms with E-state index in [-0.39, 0.29) is 17.1 Å². The van der Waals surface area contributed by atoms with Crippen LogP contribution in [-0.2, 0) is 16.0 Å². The third-order valence-electron chi connectivity index (χ3n) is 4.40. The monoisotopic (exact) mass is 371 g/mol. The van der Waals surface area contributed by atoms with E-state index in [0.29, 0.717) is 12.0 Å². The summed E-state index contributed by atoms with van der Waals surface area (Å²) in [7, 11) is 0. The number of carboxylic acids is 1. The molecule has 0 aliphatic heterocycles. The van der Waals surface area contributed by atoms with E-state index in [1.54, 1.807) is 24.3 Å². The number of rotatable bonds is 8. The van der Waals surface area contributed by atoms with Crippen LogP contribution in [0.25, 0.3) is 0 Å². The first-order chi connectivity index (χ1) is 12.4. The van der Waals surface area contributed by atoms with Gasteiger partial charge in [-0.05, 0) is 23.5 Å². The van der Waals surface area contributed by atoms with Crippen molar-refractivity contribution in [1.82, 2.24) is 5.32 Å². The second kappa shape index (κ2) is 9.43. The lowest BCUT2D eigenvalue weighted by Crippen LogP contribution is -2.42. The number of hydrogen-bond acceptors (Lipinski definition) is 3. The van der Waals surface area contributed by atoms with Crippen LogP contribution >= 0.6 is 12.6 Å². The molecular weight excluding hydrogens is 346 g/mol. The molecule has 2 aromatic rings. The number of aliphatic carboxylic acids is 1. The van der Waals surface area contributed by atoms with Crippen LogP contribution in [0, 0.1) is 11.8 Å². The maximum atomic E-state index is 13.0. The van der Waals surface area contributed by atoms with Crippen molar-refractivity contribution in [2.24, 2.45) is 11.8 Å². The Hall–Kier alpha value is -2.27. The lowest BCUT2D eigenvalue weighted by Gasteiger charge is -2.27. The van der Waals surface area contributed by atoms with Crippen LogP contribution in [0.15, 0.2) is 60.7 Å². The molecule has 0 aliphatic rings. The Morgan fingerprint density at radius 1 is 1.00 bits per heavy atom. The molecule has 138 valence electrons. The quantitative estimate of drug-likeness (QED) is 0.619. The van der Waals surface area contributed by atoms with Crippen LogP contribution < -0.4 is 5.32 Å². The average molecular weight is 372 g/mol. The van der Waals surface area contributed by atoms with Gasteiger partial charge in [-0.25, -0.2) is 4.79 Å². The van der Waals surface area contributed by atoms with E-state index in [1.165, 1.54) is 0 Å². The van der Waals surface area contributed by atoms with Crippen LogP contribution in [0.4, 0.5) is 0 Å². The van der Waals surface area contributed by atoms with E-state index in [2.05, 4.69) is 17.9 Å². The van der Waals surface area contributed by atoms with Crippen molar-refractivity contribution in [3.8, 4) is 0 Å². The SMILES string of the molecule is CC(C)C(S)C(Cc1ccccc1)C(=O)N[C@@H](C(=O)O)c1ccccc1. The lowest BCUT2D eigenvalue weighted by atomic mass is 9.89. The van der Waals surface area contributed by atoms with E-state index in [9.17, 15) is 14.7 Å². The van der Waals surface area contributed by atoms with Crippen molar-refractivity contribution in [3.63, 3.8) is 0 Å². The summed E-state index contributed by atoms with van der Waals surface area (Å²) in [6.45, 7) is 4.02. The van der Waals surface area contributed by atoms with Gasteiger partial charge in [-0.15, -0.1) is 0 Å². The Balaban J connectivity index is 2.23. The van der Waals surface area contributed by atoms with Crippen molar-refractivity contribution in [3.05, 3.63) is 71.8 Å². The zero-order valence-corrected chi connectivity index (χ0v) is 15.9. The molecule has 2 unspecified atom stereocenters. The number of carbonyl (C=O) groups is 2. The van der Waals surface area contributed by atoms with Crippen LogP contribution in [0.5, 0.6) is 0 Å². The standard InChI is InChI=1S/C21H25NO3S/c1-14(2)19(26)17(13-15-9-5-3-6-10-15)20(23)22-18(21(24)25)16-11-7-4-8-12-16/h3-12,14,17-19,26H,13H2,1-2H3,(H,22,23)(H,24,25)/t17?,18-,19?/m1/s1. The Morgan fingerprint density at radius 2 is 1.54 bits per heavy atom. The fourth-order valence-electron chi connectivity index (χ4n) is 2.88. The molecule has 2 N–H and O–H groups in total. The molecule has 0 saturated heterocycles. The smallest absolute Gasteiger partial charge is 0.330 e. The Morgan fingerprint density at radius 3 is 2.04 bits per heavy atom. The molecule has 0 bridgehead atoms. The number of benzene rings is 2. The molecule has 3 atom stereocenters. The molecule has 2 aromatic carbocycles. The topological polar surface area (TPSA) is 66.4 Å². The van der Waals surface area contributed by atoms with Gasteiger partial charge in [0.25, 0.3) is 0 Å². The lowest BCUT2D eigenvalue weighted by molar-refractivity contribution is -0.142. The van der Waals surface area contributed by atoms with Gasteiger partial charge in [0.2, 0.25) is 5.91 Å². The van der Waals surface area contributed by atoms with Gasteiger partial charge in [-0.2, -0.15) is 12.6 Å². The van der Waals surface area contributed by atoms with Gasteiger partial charge in [0, 0.05) is 5.25 Å². The van der Waals surface area contributed by atoms with Crippen LogP contribution in [-0.4, -0.2) is 22.2 Å². The number of amides is 1. The van der Waals surface area contributed by atoms with Crippen molar-refractivity contribution >= 4 is 24.5 Å². The highest BCUT2D eigenvalue weighted by Gasteiger charge is 2.31. The second-order valence-corrected chi connectivity index (χ2v) is 7.32. The highest BCUT2D eigenvalue weighted by molar-refractivity contribution is 7.81. The van der Waals surface area contributed by atoms with Gasteiger partial charge in [0.05, 0.1) is 5.92 Å². The van der Waals surface area contributed by atoms with Gasteiger partial charge in [-0.1, -0.05) is 74.5 Å². The fourth-order valence-corrected chi connectivity index (χ4v) is 3.12. The maximum Gasteiger partial charge on any atom is 0.330 e. The summed E-state index contributed by atoms with van der Waals surface area (Å²) in [5.41, 5.74) is 1.58. The predicted octanol–water partition coefficient (Wildman–Crippen LogP) is 3.74. The summed E-state index contributed by atoms with van der Waals surface area (Å²) in [5.74, 6) is -1.62. The van der Waals surface area contributed by atoms with Gasteiger partial charge in [0.15, 0.2) is 6.04 Å². The van der Waals surface area contributed by atoms with Crippen molar-refractivity contribution in [1.29, 1.82) is 0 Å². The van der Waals surface area contributed by atoms with E-state index in [4.69, 9.17) is 0 Å². The highest BCUT2D eigenvalue weighted by Crippen LogP contribution is 2.25. The largest absolute Gasteiger partial charge is 0.479 e. The predicted molar refractivity (Wildman–Crippen MR) is 106 cm³/mol. The molecule has 4 nitrogen and oxygen atoms in total. The van der Waals surface area contributed by atoms with E-state index < -0.39 is 17.9 Å². The van der Waals surface area contributed by atoms with E-state index in [0.717, 1.165) is 5.56 Å². The summed E-state index contributed by atoms with van der Waals surface area (Å²) in [6.07, 6.45) is 0.514. The van der Waals surface area contributed by atoms with Gasteiger partial charge >= 0.3 is 5.97 Å². The molecule has 0 aliphatic carbocycles. The zero-order chi connectivity index (χ0) is 19.1. The second-order valence-electron chi connectivity index (χ2n) is 6.72. The molecule has 5 heteroatoms. The minimum absolute atomic E-state index is 0.179. The summed E-state index contributed by atoms with van der Waals surface area (Å²) in [5, 5.41) is 12.1. The summed E-state index contributed by atoms with van der Waals surface area (Å²) < 4.78 is 0. The van der Waals surface area contributed by atoms with Crippen LogP contribution in [0.2, 0.25) is 0 Å². The normalized spacial score (nSPS) is 14.5. The first-order valence-corrected chi connectivity index (χ1v) is 9.22. The molecule has 0 aromatic heterocycles. The van der Waals surface area contributed by atoms with Crippen molar-refractivity contribution < 1.29 is 14.7 Å². The van der Waals surface area contributed by atoms with Gasteiger partial charge < -0.3 is 10.4 Å². The summed E-state index contributed by atoms with van der Waals surface area (Å²) in [6, 6.07) is 17.4. The maximum absolute atomic E-state index is 13.0. The minimum Gasteiger partial charge on any atom is -0.479 e. The zero-order valence-electron chi connectivity index (χ0n) is 15.0. The molecule has 0 saturated carbocycles. The molecule has 0 heterocycles. The highest BCUT2D eigenvalue weighted by atomic mass is 32.1. The molecule has 1 amide bonds. The molecule has 0 spiro atoms. The molecule has 0 fully saturated rings. The van der Waals surface area contributed by atoms with Crippen LogP contribution in [0.1, 0.15) is 31.0 Å². The fraction of sp³-hybridized carbons (Fsp3) is 0.333. The Bertz CT molecular complexity index is 719. The summed E-state index contributed by atoms with van der Waals surface area (Å²) >= 11 is 4.64. The minimum atomic E-state index is -1.08. The van der Waals surface area contributed by atoms with Gasteiger partial charge in [0.1, 0.15) is 0 Å². The number of carboxylic acid groups (broad SMARTS) is 1. The summed E-state index contributed by atoms with van der Waals surface area (Å²) in [4.78, 5) is 24.6.